The predicted molar refractivity (Wildman–Crippen MR) is 52.0 cm³/mol. The summed E-state index contributed by atoms with van der Waals surface area (Å²) in [5.41, 5.74) is 5.11. The Balaban J connectivity index is 4.07. The topological polar surface area (TPSA) is 60.2 Å². The zero-order valence-corrected chi connectivity index (χ0v) is 8.83. The third-order valence-corrected chi connectivity index (χ3v) is 2.25. The van der Waals surface area contributed by atoms with Gasteiger partial charge in [-0.25, -0.2) is 0 Å². The molecule has 0 aromatic carbocycles. The van der Waals surface area contributed by atoms with Crippen molar-refractivity contribution in [2.45, 2.75) is 34.1 Å². The van der Waals surface area contributed by atoms with E-state index in [2.05, 4.69) is 0 Å². The highest BCUT2D eigenvalue weighted by Gasteiger charge is 2.20. The number of hydrogen-bond acceptors (Lipinski definition) is 2. The molecular formula is C10H19NO2. The maximum atomic E-state index is 11.4. The van der Waals surface area contributed by atoms with Crippen LogP contribution in [0.1, 0.15) is 34.1 Å². The Labute approximate surface area is 79.7 Å². The fraction of sp³-hybridized carbons (Fsp3) is 0.800. The smallest absolute Gasteiger partial charge is 0.220 e. The van der Waals surface area contributed by atoms with Crippen molar-refractivity contribution in [3.63, 3.8) is 0 Å². The molecule has 0 radical (unpaired) electrons. The molecule has 0 rings (SSSR count). The second-order valence-corrected chi connectivity index (χ2v) is 4.00. The van der Waals surface area contributed by atoms with E-state index in [0.29, 0.717) is 6.42 Å². The molecule has 3 heteroatoms. The first-order valence-electron chi connectivity index (χ1n) is 4.69. The molecule has 76 valence electrons. The van der Waals surface area contributed by atoms with Crippen molar-refractivity contribution in [1.82, 2.24) is 0 Å². The zero-order chi connectivity index (χ0) is 10.6. The van der Waals surface area contributed by atoms with Crippen LogP contribution in [0.3, 0.4) is 0 Å². The van der Waals surface area contributed by atoms with Gasteiger partial charge in [0.15, 0.2) is 0 Å². The van der Waals surface area contributed by atoms with Crippen molar-refractivity contribution < 1.29 is 9.59 Å². The average Bonchev–Trinajstić information content (AvgIpc) is 2.02. The van der Waals surface area contributed by atoms with Gasteiger partial charge >= 0.3 is 0 Å². The summed E-state index contributed by atoms with van der Waals surface area (Å²) in [5, 5.41) is 0. The Morgan fingerprint density at radius 1 is 1.08 bits per heavy atom. The molecule has 0 fully saturated rings. The van der Waals surface area contributed by atoms with E-state index in [9.17, 15) is 9.59 Å². The molecule has 0 spiro atoms. The highest BCUT2D eigenvalue weighted by Crippen LogP contribution is 2.15. The minimum absolute atomic E-state index is 0.0371. The first-order chi connectivity index (χ1) is 5.86. The van der Waals surface area contributed by atoms with E-state index < -0.39 is 0 Å². The highest BCUT2D eigenvalue weighted by molar-refractivity contribution is 5.83. The number of nitrogens with two attached hydrogens (primary N) is 1. The molecule has 0 aromatic heterocycles. The Morgan fingerprint density at radius 2 is 1.54 bits per heavy atom. The number of rotatable bonds is 5. The summed E-state index contributed by atoms with van der Waals surface area (Å²) in [7, 11) is 0. The van der Waals surface area contributed by atoms with Gasteiger partial charge in [-0.1, -0.05) is 27.7 Å². The molecule has 0 saturated carbocycles. The van der Waals surface area contributed by atoms with Gasteiger partial charge in [-0.15, -0.1) is 0 Å². The molecule has 13 heavy (non-hydrogen) atoms. The van der Waals surface area contributed by atoms with Crippen molar-refractivity contribution >= 4 is 11.7 Å². The van der Waals surface area contributed by atoms with Crippen molar-refractivity contribution in [3.8, 4) is 0 Å². The second kappa shape index (κ2) is 5.00. The van der Waals surface area contributed by atoms with Gasteiger partial charge in [0, 0.05) is 17.8 Å². The zero-order valence-electron chi connectivity index (χ0n) is 8.83. The summed E-state index contributed by atoms with van der Waals surface area (Å²) >= 11 is 0. The van der Waals surface area contributed by atoms with Crippen LogP contribution in [0.4, 0.5) is 0 Å². The third-order valence-electron chi connectivity index (χ3n) is 2.25. The van der Waals surface area contributed by atoms with E-state index in [-0.39, 0.29) is 29.4 Å². The van der Waals surface area contributed by atoms with E-state index >= 15 is 0 Å². The summed E-state index contributed by atoms with van der Waals surface area (Å²) in [4.78, 5) is 22.2. The third kappa shape index (κ3) is 4.06. The molecule has 0 aliphatic carbocycles. The highest BCUT2D eigenvalue weighted by atomic mass is 16.1. The Kier molecular flexibility index (Phi) is 4.67. The van der Waals surface area contributed by atoms with Crippen LogP contribution in [0.2, 0.25) is 0 Å². The number of Topliss-reactive ketones (excluding diaryl/α,β-unsaturated/α-hetero) is 1. The quantitative estimate of drug-likeness (QED) is 0.703. The van der Waals surface area contributed by atoms with Crippen molar-refractivity contribution in [1.29, 1.82) is 0 Å². The normalized spacial score (nSPS) is 15.5. The fourth-order valence-electron chi connectivity index (χ4n) is 1.33. The van der Waals surface area contributed by atoms with E-state index in [4.69, 9.17) is 5.73 Å². The molecule has 0 bridgehead atoms. The average molecular weight is 185 g/mol. The van der Waals surface area contributed by atoms with E-state index in [1.54, 1.807) is 6.92 Å². The van der Waals surface area contributed by atoms with Gasteiger partial charge in [-0.3, -0.25) is 9.59 Å². The van der Waals surface area contributed by atoms with Gasteiger partial charge in [0.05, 0.1) is 0 Å². The summed E-state index contributed by atoms with van der Waals surface area (Å²) in [6.07, 6.45) is 0.562. The SMILES string of the molecule is CC(C)C(=O)C(C)CC(C)C(N)=O. The van der Waals surface area contributed by atoms with E-state index in [1.807, 2.05) is 20.8 Å². The van der Waals surface area contributed by atoms with Crippen LogP contribution in [0.15, 0.2) is 0 Å². The van der Waals surface area contributed by atoms with Gasteiger partial charge in [0.2, 0.25) is 5.91 Å². The fourth-order valence-corrected chi connectivity index (χ4v) is 1.33. The molecule has 1 amide bonds. The number of carbonyl (C=O) groups is 2. The van der Waals surface area contributed by atoms with Crippen LogP contribution >= 0.6 is 0 Å². The van der Waals surface area contributed by atoms with Crippen LogP contribution in [0, 0.1) is 17.8 Å². The van der Waals surface area contributed by atoms with Crippen LogP contribution in [-0.2, 0) is 9.59 Å². The molecule has 0 aliphatic rings. The van der Waals surface area contributed by atoms with E-state index in [1.165, 1.54) is 0 Å². The molecule has 0 saturated heterocycles. The largest absolute Gasteiger partial charge is 0.369 e. The van der Waals surface area contributed by atoms with Crippen LogP contribution in [0.25, 0.3) is 0 Å². The maximum absolute atomic E-state index is 11.4. The lowest BCUT2D eigenvalue weighted by molar-refractivity contribution is -0.127. The van der Waals surface area contributed by atoms with Crippen molar-refractivity contribution in [2.24, 2.45) is 23.5 Å². The van der Waals surface area contributed by atoms with Crippen molar-refractivity contribution in [2.75, 3.05) is 0 Å². The van der Waals surface area contributed by atoms with Gasteiger partial charge in [-0.2, -0.15) is 0 Å². The minimum Gasteiger partial charge on any atom is -0.369 e. The Hall–Kier alpha value is -0.860. The summed E-state index contributed by atoms with van der Waals surface area (Å²) < 4.78 is 0. The Morgan fingerprint density at radius 3 is 1.85 bits per heavy atom. The molecule has 3 nitrogen and oxygen atoms in total. The van der Waals surface area contributed by atoms with Gasteiger partial charge in [-0.05, 0) is 6.42 Å². The lowest BCUT2D eigenvalue weighted by atomic mass is 9.89. The molecule has 0 heterocycles. The predicted octanol–water partition coefficient (Wildman–Crippen LogP) is 1.36. The molecule has 2 N–H and O–H groups in total. The minimum atomic E-state index is -0.330. The monoisotopic (exact) mass is 185 g/mol. The maximum Gasteiger partial charge on any atom is 0.220 e. The number of amides is 1. The molecule has 0 aliphatic heterocycles. The molecular weight excluding hydrogens is 166 g/mol. The van der Waals surface area contributed by atoms with Crippen LogP contribution in [0.5, 0.6) is 0 Å². The van der Waals surface area contributed by atoms with Gasteiger partial charge < -0.3 is 5.73 Å². The number of hydrogen-bond donors (Lipinski definition) is 1. The summed E-state index contributed by atoms with van der Waals surface area (Å²) in [6, 6.07) is 0. The van der Waals surface area contributed by atoms with E-state index in [0.717, 1.165) is 0 Å². The van der Waals surface area contributed by atoms with Crippen LogP contribution < -0.4 is 5.73 Å². The number of primary amides is 1. The van der Waals surface area contributed by atoms with Crippen LogP contribution in [-0.4, -0.2) is 11.7 Å². The number of carbonyl (C=O) groups excluding carboxylic acids is 2. The first kappa shape index (κ1) is 12.1. The molecule has 2 atom stereocenters. The van der Waals surface area contributed by atoms with Gasteiger partial charge in [0.1, 0.15) is 5.78 Å². The molecule has 0 aromatic rings. The summed E-state index contributed by atoms with van der Waals surface area (Å²) in [5.74, 6) is -0.369. The second-order valence-electron chi connectivity index (χ2n) is 4.00. The lowest BCUT2D eigenvalue weighted by Gasteiger charge is -2.15. The summed E-state index contributed by atoms with van der Waals surface area (Å²) in [6.45, 7) is 7.34. The van der Waals surface area contributed by atoms with Gasteiger partial charge in [0.25, 0.3) is 0 Å². The number of ketones is 1. The lowest BCUT2D eigenvalue weighted by Crippen LogP contribution is -2.26. The first-order valence-corrected chi connectivity index (χ1v) is 4.69. The Bertz CT molecular complexity index is 199. The molecule has 2 unspecified atom stereocenters. The standard InChI is InChI=1S/C10H19NO2/c1-6(2)9(12)7(3)5-8(4)10(11)13/h6-8H,5H2,1-4H3,(H2,11,13). The van der Waals surface area contributed by atoms with Crippen molar-refractivity contribution in [3.05, 3.63) is 0 Å².